The van der Waals surface area contributed by atoms with E-state index < -0.39 is 0 Å². The zero-order valence-corrected chi connectivity index (χ0v) is 11.2. The number of amides is 1. The van der Waals surface area contributed by atoms with Gasteiger partial charge in [0.15, 0.2) is 11.5 Å². The Hall–Kier alpha value is -1.23. The minimum atomic E-state index is -0.286. The lowest BCUT2D eigenvalue weighted by Gasteiger charge is -2.15. The van der Waals surface area contributed by atoms with Crippen LogP contribution in [0, 0.1) is 0 Å². The minimum absolute atomic E-state index is 0.109. The summed E-state index contributed by atoms with van der Waals surface area (Å²) in [5, 5.41) is 22.2. The van der Waals surface area contributed by atoms with Gasteiger partial charge in [0.25, 0.3) is 5.91 Å². The summed E-state index contributed by atoms with van der Waals surface area (Å²) in [6.45, 7) is 2.00. The second kappa shape index (κ2) is 6.49. The smallest absolute Gasteiger partial charge is 0.251 e. The van der Waals surface area contributed by atoms with E-state index in [1.165, 1.54) is 18.2 Å². The molecule has 94 valence electrons. The van der Waals surface area contributed by atoms with E-state index in [0.29, 0.717) is 5.56 Å². The molecule has 0 radical (unpaired) electrons. The summed E-state index contributed by atoms with van der Waals surface area (Å²) < 4.78 is 0. The summed E-state index contributed by atoms with van der Waals surface area (Å²) in [5.41, 5.74) is 0.341. The Kier molecular flexibility index (Phi) is 5.28. The summed E-state index contributed by atoms with van der Waals surface area (Å²) in [7, 11) is 0. The summed E-state index contributed by atoms with van der Waals surface area (Å²) in [5.74, 6) is -0.756. The summed E-state index contributed by atoms with van der Waals surface area (Å²) >= 11 is 3.33. The van der Waals surface area contributed by atoms with Crippen molar-refractivity contribution in [3.05, 3.63) is 23.8 Å². The van der Waals surface area contributed by atoms with Gasteiger partial charge < -0.3 is 15.5 Å². The van der Waals surface area contributed by atoms with E-state index in [9.17, 15) is 9.90 Å². The van der Waals surface area contributed by atoms with Crippen molar-refractivity contribution in [2.45, 2.75) is 25.8 Å². The standard InChI is InChI=1S/C12H16BrNO3/c1-2-9(5-6-13)14-12(17)8-3-4-10(15)11(16)7-8/h3-4,7,9,15-16H,2,5-6H2,1H3,(H,14,17). The largest absolute Gasteiger partial charge is 0.504 e. The van der Waals surface area contributed by atoms with Gasteiger partial charge in [0.2, 0.25) is 0 Å². The molecule has 0 spiro atoms. The third-order valence-electron chi connectivity index (χ3n) is 2.52. The summed E-state index contributed by atoms with van der Waals surface area (Å²) in [4.78, 5) is 11.8. The quantitative estimate of drug-likeness (QED) is 0.578. The van der Waals surface area contributed by atoms with E-state index >= 15 is 0 Å². The lowest BCUT2D eigenvalue weighted by atomic mass is 10.1. The molecular formula is C12H16BrNO3. The maximum Gasteiger partial charge on any atom is 0.251 e. The van der Waals surface area contributed by atoms with Gasteiger partial charge in [0, 0.05) is 16.9 Å². The Labute approximate surface area is 109 Å². The van der Waals surface area contributed by atoms with E-state index in [0.717, 1.165) is 18.2 Å². The number of halogens is 1. The molecule has 1 unspecified atom stereocenters. The maximum atomic E-state index is 11.8. The molecule has 17 heavy (non-hydrogen) atoms. The van der Waals surface area contributed by atoms with Crippen LogP contribution in [0.15, 0.2) is 18.2 Å². The van der Waals surface area contributed by atoms with Crippen LogP contribution in [0.3, 0.4) is 0 Å². The lowest BCUT2D eigenvalue weighted by molar-refractivity contribution is 0.0935. The first kappa shape index (κ1) is 13.8. The normalized spacial score (nSPS) is 12.1. The van der Waals surface area contributed by atoms with Crippen LogP contribution in [-0.4, -0.2) is 27.5 Å². The lowest BCUT2D eigenvalue weighted by Crippen LogP contribution is -2.34. The van der Waals surface area contributed by atoms with Crippen LogP contribution in [0.1, 0.15) is 30.1 Å². The van der Waals surface area contributed by atoms with Gasteiger partial charge in [0.05, 0.1) is 0 Å². The summed E-state index contributed by atoms with van der Waals surface area (Å²) in [6, 6.07) is 4.14. The predicted octanol–water partition coefficient (Wildman–Crippen LogP) is 2.39. The van der Waals surface area contributed by atoms with Crippen molar-refractivity contribution in [1.82, 2.24) is 5.32 Å². The van der Waals surface area contributed by atoms with Crippen molar-refractivity contribution >= 4 is 21.8 Å². The van der Waals surface area contributed by atoms with E-state index in [2.05, 4.69) is 21.2 Å². The molecule has 0 aliphatic heterocycles. The zero-order chi connectivity index (χ0) is 12.8. The molecule has 1 rings (SSSR count). The van der Waals surface area contributed by atoms with Crippen LogP contribution in [-0.2, 0) is 0 Å². The highest BCUT2D eigenvalue weighted by Crippen LogP contribution is 2.24. The zero-order valence-electron chi connectivity index (χ0n) is 9.61. The molecular weight excluding hydrogens is 286 g/mol. The van der Waals surface area contributed by atoms with Crippen molar-refractivity contribution < 1.29 is 15.0 Å². The summed E-state index contributed by atoms with van der Waals surface area (Å²) in [6.07, 6.45) is 1.70. The second-order valence-corrected chi connectivity index (χ2v) is 4.55. The average Bonchev–Trinajstić information content (AvgIpc) is 2.31. The average molecular weight is 302 g/mol. The monoisotopic (exact) mass is 301 g/mol. The molecule has 5 heteroatoms. The first-order valence-electron chi connectivity index (χ1n) is 5.47. The molecule has 0 fully saturated rings. The number of alkyl halides is 1. The Morgan fingerprint density at radius 1 is 1.41 bits per heavy atom. The molecule has 1 aromatic rings. The van der Waals surface area contributed by atoms with Crippen LogP contribution in [0.4, 0.5) is 0 Å². The molecule has 1 amide bonds. The molecule has 0 aromatic heterocycles. The number of phenolic OH excluding ortho intramolecular Hbond substituents is 2. The van der Waals surface area contributed by atoms with Crippen molar-refractivity contribution in [3.63, 3.8) is 0 Å². The van der Waals surface area contributed by atoms with Gasteiger partial charge in [-0.3, -0.25) is 4.79 Å². The number of hydrogen-bond acceptors (Lipinski definition) is 3. The number of hydrogen-bond donors (Lipinski definition) is 3. The highest BCUT2D eigenvalue weighted by Gasteiger charge is 2.13. The van der Waals surface area contributed by atoms with Gasteiger partial charge in [-0.2, -0.15) is 0 Å². The predicted molar refractivity (Wildman–Crippen MR) is 69.7 cm³/mol. The molecule has 0 heterocycles. The first-order valence-corrected chi connectivity index (χ1v) is 6.59. The molecule has 0 aliphatic rings. The number of carbonyl (C=O) groups excluding carboxylic acids is 1. The van der Waals surface area contributed by atoms with Crippen molar-refractivity contribution in [2.24, 2.45) is 0 Å². The Morgan fingerprint density at radius 3 is 2.65 bits per heavy atom. The van der Waals surface area contributed by atoms with Crippen LogP contribution in [0.25, 0.3) is 0 Å². The number of phenols is 2. The fourth-order valence-electron chi connectivity index (χ4n) is 1.44. The molecule has 0 aliphatic carbocycles. The highest BCUT2D eigenvalue weighted by atomic mass is 79.9. The van der Waals surface area contributed by atoms with Gasteiger partial charge in [-0.15, -0.1) is 0 Å². The Balaban J connectivity index is 2.72. The number of benzene rings is 1. The second-order valence-electron chi connectivity index (χ2n) is 3.76. The highest BCUT2D eigenvalue weighted by molar-refractivity contribution is 9.09. The third kappa shape index (κ3) is 3.93. The van der Waals surface area contributed by atoms with Crippen LogP contribution >= 0.6 is 15.9 Å². The Morgan fingerprint density at radius 2 is 2.12 bits per heavy atom. The Bertz CT molecular complexity index is 395. The van der Waals surface area contributed by atoms with Gasteiger partial charge in [0.1, 0.15) is 0 Å². The fourth-order valence-corrected chi connectivity index (χ4v) is 2.00. The first-order chi connectivity index (χ1) is 8.08. The number of nitrogens with one attached hydrogen (secondary N) is 1. The number of carbonyl (C=O) groups is 1. The molecule has 1 atom stereocenters. The van der Waals surface area contributed by atoms with Gasteiger partial charge in [-0.05, 0) is 31.0 Å². The van der Waals surface area contributed by atoms with Gasteiger partial charge in [-0.25, -0.2) is 0 Å². The van der Waals surface area contributed by atoms with Crippen LogP contribution in [0.5, 0.6) is 11.5 Å². The molecule has 0 bridgehead atoms. The van der Waals surface area contributed by atoms with Crippen molar-refractivity contribution in [3.8, 4) is 11.5 Å². The van der Waals surface area contributed by atoms with E-state index in [-0.39, 0.29) is 23.4 Å². The molecule has 4 nitrogen and oxygen atoms in total. The third-order valence-corrected chi connectivity index (χ3v) is 2.98. The van der Waals surface area contributed by atoms with Crippen molar-refractivity contribution in [2.75, 3.05) is 5.33 Å². The maximum absolute atomic E-state index is 11.8. The van der Waals surface area contributed by atoms with E-state index in [1.807, 2.05) is 6.92 Å². The fraction of sp³-hybridized carbons (Fsp3) is 0.417. The molecule has 3 N–H and O–H groups in total. The van der Waals surface area contributed by atoms with Crippen molar-refractivity contribution in [1.29, 1.82) is 0 Å². The molecule has 0 saturated heterocycles. The van der Waals surface area contributed by atoms with Crippen LogP contribution < -0.4 is 5.32 Å². The van der Waals surface area contributed by atoms with Gasteiger partial charge >= 0.3 is 0 Å². The van der Waals surface area contributed by atoms with Gasteiger partial charge in [-0.1, -0.05) is 22.9 Å². The SMILES string of the molecule is CCC(CCBr)NC(=O)c1ccc(O)c(O)c1. The molecule has 0 saturated carbocycles. The number of rotatable bonds is 5. The van der Waals surface area contributed by atoms with E-state index in [1.54, 1.807) is 0 Å². The van der Waals surface area contributed by atoms with E-state index in [4.69, 9.17) is 5.11 Å². The topological polar surface area (TPSA) is 69.6 Å². The van der Waals surface area contributed by atoms with Crippen LogP contribution in [0.2, 0.25) is 0 Å². The molecule has 1 aromatic carbocycles. The number of aromatic hydroxyl groups is 2. The minimum Gasteiger partial charge on any atom is -0.504 e.